The first-order chi connectivity index (χ1) is 10.0. The zero-order valence-corrected chi connectivity index (χ0v) is 10.8. The number of H-pyrrole nitrogens is 1. The van der Waals surface area contributed by atoms with E-state index < -0.39 is 22.3 Å². The van der Waals surface area contributed by atoms with Crippen molar-refractivity contribution in [3.8, 4) is 6.01 Å². The molecule has 0 saturated heterocycles. The number of hydrogen-bond acceptors (Lipinski definition) is 6. The van der Waals surface area contributed by atoms with Crippen LogP contribution in [0.2, 0.25) is 0 Å². The Morgan fingerprint density at radius 3 is 3.00 bits per heavy atom. The lowest BCUT2D eigenvalue weighted by molar-refractivity contribution is -0.385. The summed E-state index contributed by atoms with van der Waals surface area (Å²) in [6, 6.07) is 2.67. The molecule has 0 aliphatic carbocycles. The Labute approximate surface area is 117 Å². The maximum atomic E-state index is 13.0. The van der Waals surface area contributed by atoms with Crippen molar-refractivity contribution in [1.29, 1.82) is 0 Å². The molecule has 2 rings (SSSR count). The second kappa shape index (κ2) is 5.94. The number of nitro benzene ring substituents is 1. The number of carbonyl (C=O) groups is 1. The molecule has 0 atom stereocenters. The quantitative estimate of drug-likeness (QED) is 0.636. The standard InChI is InChI=1S/C11H10FN5O4/c1-2-21-11-14-10(15-16-11)13-9(18)7-4-3-6(12)5-8(7)17(19)20/h3-5H,2H2,1H3,(H2,13,14,15,16,18). The number of nitrogens with zero attached hydrogens (tertiary/aromatic N) is 3. The minimum atomic E-state index is -0.843. The van der Waals surface area contributed by atoms with E-state index in [1.54, 1.807) is 6.92 Å². The van der Waals surface area contributed by atoms with Gasteiger partial charge in [0, 0.05) is 0 Å². The van der Waals surface area contributed by atoms with Gasteiger partial charge in [-0.2, -0.15) is 4.98 Å². The summed E-state index contributed by atoms with van der Waals surface area (Å²) in [5, 5.41) is 19.1. The lowest BCUT2D eigenvalue weighted by Gasteiger charge is -2.02. The van der Waals surface area contributed by atoms with Gasteiger partial charge >= 0.3 is 6.01 Å². The maximum Gasteiger partial charge on any atom is 0.337 e. The number of anilines is 1. The van der Waals surface area contributed by atoms with Gasteiger partial charge in [-0.1, -0.05) is 0 Å². The normalized spacial score (nSPS) is 10.2. The lowest BCUT2D eigenvalue weighted by Crippen LogP contribution is -2.15. The molecule has 0 bridgehead atoms. The first kappa shape index (κ1) is 14.4. The van der Waals surface area contributed by atoms with Crippen molar-refractivity contribution in [2.75, 3.05) is 11.9 Å². The van der Waals surface area contributed by atoms with Gasteiger partial charge in [-0.3, -0.25) is 20.2 Å². The van der Waals surface area contributed by atoms with E-state index in [2.05, 4.69) is 20.5 Å². The van der Waals surface area contributed by atoms with Crippen LogP contribution < -0.4 is 10.1 Å². The van der Waals surface area contributed by atoms with Crippen LogP contribution in [-0.2, 0) is 0 Å². The van der Waals surface area contributed by atoms with E-state index in [1.807, 2.05) is 0 Å². The number of amides is 1. The molecule has 110 valence electrons. The average Bonchev–Trinajstić information content (AvgIpc) is 2.86. The van der Waals surface area contributed by atoms with Gasteiger partial charge in [0.15, 0.2) is 0 Å². The SMILES string of the molecule is CCOc1n[nH]c(NC(=O)c2ccc(F)cc2[N+](=O)[O-])n1. The number of benzene rings is 1. The second-order valence-corrected chi connectivity index (χ2v) is 3.77. The maximum absolute atomic E-state index is 13.0. The largest absolute Gasteiger partial charge is 0.463 e. The van der Waals surface area contributed by atoms with E-state index in [1.165, 1.54) is 0 Å². The summed E-state index contributed by atoms with van der Waals surface area (Å²) < 4.78 is 18.0. The van der Waals surface area contributed by atoms with Gasteiger partial charge in [-0.05, 0) is 19.1 Å². The molecule has 0 unspecified atom stereocenters. The Balaban J connectivity index is 2.21. The molecular formula is C11H10FN5O4. The van der Waals surface area contributed by atoms with Gasteiger partial charge in [0.05, 0.1) is 17.6 Å². The van der Waals surface area contributed by atoms with Crippen LogP contribution in [-0.4, -0.2) is 32.6 Å². The number of hydrogen-bond donors (Lipinski definition) is 2. The number of aromatic nitrogens is 3. The number of halogens is 1. The molecule has 1 heterocycles. The first-order valence-corrected chi connectivity index (χ1v) is 5.81. The molecule has 10 heteroatoms. The highest BCUT2D eigenvalue weighted by atomic mass is 19.1. The number of nitro groups is 1. The zero-order valence-electron chi connectivity index (χ0n) is 10.8. The van der Waals surface area contributed by atoms with Crippen LogP contribution in [0.3, 0.4) is 0 Å². The van der Waals surface area contributed by atoms with Crippen LogP contribution in [0.15, 0.2) is 18.2 Å². The predicted molar refractivity (Wildman–Crippen MR) is 68.6 cm³/mol. The molecule has 9 nitrogen and oxygen atoms in total. The van der Waals surface area contributed by atoms with E-state index in [0.29, 0.717) is 12.7 Å². The Bertz CT molecular complexity index is 687. The number of ether oxygens (including phenoxy) is 1. The second-order valence-electron chi connectivity index (χ2n) is 3.77. The third-order valence-corrected chi connectivity index (χ3v) is 2.37. The third kappa shape index (κ3) is 3.29. The molecule has 1 aromatic heterocycles. The molecule has 0 saturated carbocycles. The molecule has 0 aliphatic rings. The van der Waals surface area contributed by atoms with E-state index in [-0.39, 0.29) is 17.5 Å². The van der Waals surface area contributed by atoms with Gasteiger partial charge < -0.3 is 4.74 Å². The molecule has 2 aromatic rings. The van der Waals surface area contributed by atoms with Gasteiger partial charge in [0.25, 0.3) is 11.6 Å². The van der Waals surface area contributed by atoms with Crippen molar-refractivity contribution < 1.29 is 18.8 Å². The van der Waals surface area contributed by atoms with Crippen LogP contribution in [0.5, 0.6) is 6.01 Å². The van der Waals surface area contributed by atoms with Crippen molar-refractivity contribution in [1.82, 2.24) is 15.2 Å². The Hall–Kier alpha value is -3.04. The molecule has 0 aliphatic heterocycles. The van der Waals surface area contributed by atoms with Gasteiger partial charge in [-0.15, -0.1) is 5.10 Å². The predicted octanol–water partition coefficient (Wildman–Crippen LogP) is 1.50. The molecule has 0 spiro atoms. The monoisotopic (exact) mass is 295 g/mol. The zero-order chi connectivity index (χ0) is 15.4. The fraction of sp³-hybridized carbons (Fsp3) is 0.182. The van der Waals surface area contributed by atoms with Crippen LogP contribution >= 0.6 is 0 Å². The molecule has 21 heavy (non-hydrogen) atoms. The fourth-order valence-corrected chi connectivity index (χ4v) is 1.52. The summed E-state index contributed by atoms with van der Waals surface area (Å²) in [6.45, 7) is 2.07. The van der Waals surface area contributed by atoms with Crippen LogP contribution in [0, 0.1) is 15.9 Å². The van der Waals surface area contributed by atoms with Gasteiger partial charge in [-0.25, -0.2) is 9.49 Å². The minimum Gasteiger partial charge on any atom is -0.463 e. The Morgan fingerprint density at radius 2 is 2.33 bits per heavy atom. The van der Waals surface area contributed by atoms with Crippen LogP contribution in [0.4, 0.5) is 16.0 Å². The summed E-state index contributed by atoms with van der Waals surface area (Å²) in [6.07, 6.45) is 0. The topological polar surface area (TPSA) is 123 Å². The number of nitrogens with one attached hydrogen (secondary N) is 2. The van der Waals surface area contributed by atoms with E-state index in [0.717, 1.165) is 12.1 Å². The molecular weight excluding hydrogens is 285 g/mol. The Morgan fingerprint density at radius 1 is 1.57 bits per heavy atom. The van der Waals surface area contributed by atoms with Crippen molar-refractivity contribution in [3.05, 3.63) is 39.7 Å². The molecule has 0 fully saturated rings. The van der Waals surface area contributed by atoms with Gasteiger partial charge in [0.2, 0.25) is 5.95 Å². The molecule has 0 radical (unpaired) electrons. The van der Waals surface area contributed by atoms with E-state index >= 15 is 0 Å². The third-order valence-electron chi connectivity index (χ3n) is 2.37. The molecule has 2 N–H and O–H groups in total. The minimum absolute atomic E-state index is 0.0291. The summed E-state index contributed by atoms with van der Waals surface area (Å²) >= 11 is 0. The van der Waals surface area contributed by atoms with Gasteiger partial charge in [0.1, 0.15) is 11.4 Å². The number of aromatic amines is 1. The summed E-state index contributed by atoms with van der Waals surface area (Å²) in [4.78, 5) is 25.7. The highest BCUT2D eigenvalue weighted by molar-refractivity contribution is 6.06. The molecule has 1 aromatic carbocycles. The van der Waals surface area contributed by atoms with Crippen molar-refractivity contribution in [3.63, 3.8) is 0 Å². The van der Waals surface area contributed by atoms with Crippen molar-refractivity contribution in [2.45, 2.75) is 6.92 Å². The van der Waals surface area contributed by atoms with Crippen molar-refractivity contribution >= 4 is 17.5 Å². The van der Waals surface area contributed by atoms with Crippen molar-refractivity contribution in [2.24, 2.45) is 0 Å². The number of rotatable bonds is 5. The highest BCUT2D eigenvalue weighted by Crippen LogP contribution is 2.20. The lowest BCUT2D eigenvalue weighted by atomic mass is 10.1. The summed E-state index contributed by atoms with van der Waals surface area (Å²) in [5.41, 5.74) is -0.937. The van der Waals surface area contributed by atoms with E-state index in [9.17, 15) is 19.3 Å². The van der Waals surface area contributed by atoms with Crippen LogP contribution in [0.25, 0.3) is 0 Å². The fourth-order valence-electron chi connectivity index (χ4n) is 1.52. The average molecular weight is 295 g/mol. The smallest absolute Gasteiger partial charge is 0.337 e. The summed E-state index contributed by atoms with van der Waals surface area (Å²) in [5.74, 6) is -1.67. The van der Waals surface area contributed by atoms with E-state index in [4.69, 9.17) is 4.74 Å². The first-order valence-electron chi connectivity index (χ1n) is 5.81. The summed E-state index contributed by atoms with van der Waals surface area (Å²) in [7, 11) is 0. The Kier molecular flexibility index (Phi) is 4.07. The van der Waals surface area contributed by atoms with Crippen LogP contribution in [0.1, 0.15) is 17.3 Å². The highest BCUT2D eigenvalue weighted by Gasteiger charge is 2.22. The molecule has 1 amide bonds. The number of carbonyl (C=O) groups excluding carboxylic acids is 1.